The lowest BCUT2D eigenvalue weighted by molar-refractivity contribution is 0.669. The zero-order chi connectivity index (χ0) is 35.6. The molecule has 7 aromatic carbocycles. The highest BCUT2D eigenvalue weighted by Crippen LogP contribution is 2.36. The van der Waals surface area contributed by atoms with Gasteiger partial charge in [0.05, 0.1) is 11.0 Å². The molecule has 0 saturated carbocycles. The van der Waals surface area contributed by atoms with Gasteiger partial charge in [0.25, 0.3) is 0 Å². The third-order valence-electron chi connectivity index (χ3n) is 10.4. The van der Waals surface area contributed by atoms with Crippen molar-refractivity contribution in [2.24, 2.45) is 24.1 Å². The normalized spacial score (nSPS) is 14.5. The number of fused-ring (bicyclic) bond motifs is 5. The van der Waals surface area contributed by atoms with Crippen LogP contribution in [0, 0.1) is 0 Å². The summed E-state index contributed by atoms with van der Waals surface area (Å²) in [7, 11) is 3.61. The maximum absolute atomic E-state index is 12.6. The van der Waals surface area contributed by atoms with E-state index in [2.05, 4.69) is 121 Å². The van der Waals surface area contributed by atoms with Crippen molar-refractivity contribution in [3.63, 3.8) is 0 Å². The fourth-order valence-electron chi connectivity index (χ4n) is 7.61. The third kappa shape index (κ3) is 5.16. The zero-order valence-corrected chi connectivity index (χ0v) is 29.1. The average molecular weight is 688 g/mol. The molecule has 10 rings (SSSR count). The van der Waals surface area contributed by atoms with E-state index < -0.39 is 0 Å². The van der Waals surface area contributed by atoms with Crippen LogP contribution in [0.3, 0.4) is 0 Å². The lowest BCUT2D eigenvalue weighted by atomic mass is 9.96. The van der Waals surface area contributed by atoms with Crippen LogP contribution in [0.15, 0.2) is 171 Å². The van der Waals surface area contributed by atoms with Crippen LogP contribution in [0.5, 0.6) is 0 Å². The van der Waals surface area contributed by atoms with Crippen LogP contribution in [0.2, 0.25) is 0 Å². The molecule has 254 valence electrons. The summed E-state index contributed by atoms with van der Waals surface area (Å²) in [5, 5.41) is 8.13. The van der Waals surface area contributed by atoms with E-state index in [4.69, 9.17) is 14.4 Å². The molecule has 1 aliphatic heterocycles. The Labute approximate surface area is 304 Å². The van der Waals surface area contributed by atoms with Gasteiger partial charge in [0, 0.05) is 36.0 Å². The van der Waals surface area contributed by atoms with Crippen molar-refractivity contribution in [2.75, 3.05) is 0 Å². The molecule has 7 heteroatoms. The maximum atomic E-state index is 12.6. The van der Waals surface area contributed by atoms with E-state index >= 15 is 0 Å². The maximum Gasteiger partial charge on any atom is 0.328 e. The van der Waals surface area contributed by atoms with Crippen LogP contribution >= 0.6 is 0 Å². The molecule has 1 N–H and O–H groups in total. The van der Waals surface area contributed by atoms with E-state index in [1.54, 1.807) is 16.2 Å². The van der Waals surface area contributed by atoms with Crippen LogP contribution in [-0.2, 0) is 14.1 Å². The first-order valence-corrected chi connectivity index (χ1v) is 17.7. The van der Waals surface area contributed by atoms with E-state index in [0.29, 0.717) is 5.84 Å². The van der Waals surface area contributed by atoms with Crippen LogP contribution in [0.25, 0.3) is 66.0 Å². The van der Waals surface area contributed by atoms with E-state index in [0.717, 1.165) is 83.1 Å². The van der Waals surface area contributed by atoms with E-state index in [1.165, 1.54) is 5.39 Å². The number of aliphatic imine (C=N–C) groups is 2. The Morgan fingerprint density at radius 2 is 1.25 bits per heavy atom. The van der Waals surface area contributed by atoms with Crippen molar-refractivity contribution in [3.8, 4) is 22.3 Å². The summed E-state index contributed by atoms with van der Waals surface area (Å²) < 4.78 is 9.69. The Morgan fingerprint density at radius 3 is 2.09 bits per heavy atom. The summed E-state index contributed by atoms with van der Waals surface area (Å²) in [5.41, 5.74) is 10.5. The van der Waals surface area contributed by atoms with Gasteiger partial charge in [-0.25, -0.2) is 14.8 Å². The number of hydrogen-bond acceptors (Lipinski definition) is 5. The number of nitrogens with zero attached hydrogens (tertiary/aromatic N) is 4. The van der Waals surface area contributed by atoms with Crippen molar-refractivity contribution in [3.05, 3.63) is 179 Å². The molecule has 0 radical (unpaired) electrons. The molecule has 0 bridgehead atoms. The van der Waals surface area contributed by atoms with Gasteiger partial charge in [0.15, 0.2) is 5.84 Å². The minimum Gasteiger partial charge on any atom is -0.456 e. The van der Waals surface area contributed by atoms with Crippen LogP contribution in [0.1, 0.15) is 22.9 Å². The molecule has 53 heavy (non-hydrogen) atoms. The SMILES string of the molecule is Cn1c(=O)n(C)c2cc(-c3cccc(C4=NC(c5ccccc5-c5ccc6oc7cc8ccccc8cc7c6c5)=NC(c5ccccc5)N4)c3)ccc21. The van der Waals surface area contributed by atoms with Gasteiger partial charge in [-0.3, -0.25) is 9.13 Å². The summed E-state index contributed by atoms with van der Waals surface area (Å²) in [6, 6.07) is 52.2. The lowest BCUT2D eigenvalue weighted by Gasteiger charge is -2.24. The fourth-order valence-corrected chi connectivity index (χ4v) is 7.61. The van der Waals surface area contributed by atoms with Gasteiger partial charge in [-0.1, -0.05) is 109 Å². The van der Waals surface area contributed by atoms with Crippen LogP contribution < -0.4 is 11.0 Å². The fraction of sp³-hybridized carbons (Fsp3) is 0.0652. The highest BCUT2D eigenvalue weighted by molar-refractivity contribution is 6.16. The summed E-state index contributed by atoms with van der Waals surface area (Å²) in [4.78, 5) is 23.1. The Kier molecular flexibility index (Phi) is 7.01. The Morgan fingerprint density at radius 1 is 0.566 bits per heavy atom. The van der Waals surface area contributed by atoms with Gasteiger partial charge in [0.2, 0.25) is 0 Å². The first-order valence-electron chi connectivity index (χ1n) is 17.7. The Balaban J connectivity index is 1.09. The third-order valence-corrected chi connectivity index (χ3v) is 10.4. The molecule has 9 aromatic rings. The molecule has 1 unspecified atom stereocenters. The largest absolute Gasteiger partial charge is 0.456 e. The lowest BCUT2D eigenvalue weighted by Crippen LogP contribution is -2.33. The molecule has 0 amide bonds. The number of furan rings is 1. The van der Waals surface area contributed by atoms with E-state index in [-0.39, 0.29) is 11.9 Å². The Hall–Kier alpha value is -6.99. The molecule has 0 saturated heterocycles. The van der Waals surface area contributed by atoms with Gasteiger partial charge in [-0.15, -0.1) is 0 Å². The molecule has 1 atom stereocenters. The molecular weight excluding hydrogens is 655 g/mol. The predicted molar refractivity (Wildman–Crippen MR) is 216 cm³/mol. The van der Waals surface area contributed by atoms with Crippen molar-refractivity contribution in [2.45, 2.75) is 6.17 Å². The van der Waals surface area contributed by atoms with Gasteiger partial charge in [-0.2, -0.15) is 0 Å². The number of rotatable bonds is 5. The minimum absolute atomic E-state index is 0.0441. The molecule has 0 fully saturated rings. The van der Waals surface area contributed by atoms with Crippen molar-refractivity contribution in [1.29, 1.82) is 0 Å². The molecule has 0 spiro atoms. The van der Waals surface area contributed by atoms with Crippen molar-refractivity contribution >= 4 is 55.4 Å². The highest BCUT2D eigenvalue weighted by atomic mass is 16.3. The number of amidine groups is 2. The van der Waals surface area contributed by atoms with Gasteiger partial charge < -0.3 is 9.73 Å². The van der Waals surface area contributed by atoms with Gasteiger partial charge in [0.1, 0.15) is 23.2 Å². The van der Waals surface area contributed by atoms with Gasteiger partial charge >= 0.3 is 5.69 Å². The number of aryl methyl sites for hydroxylation is 2. The first-order chi connectivity index (χ1) is 26.0. The van der Waals surface area contributed by atoms with Crippen LogP contribution in [-0.4, -0.2) is 20.8 Å². The average Bonchev–Trinajstić information content (AvgIpc) is 3.68. The van der Waals surface area contributed by atoms with Gasteiger partial charge in [-0.05, 0) is 81.1 Å². The summed E-state index contributed by atoms with van der Waals surface area (Å²) in [5.74, 6) is 1.38. The molecule has 1 aliphatic rings. The first kappa shape index (κ1) is 30.8. The molecule has 0 aliphatic carbocycles. The quantitative estimate of drug-likeness (QED) is 0.196. The van der Waals surface area contributed by atoms with E-state index in [1.807, 2.05) is 43.4 Å². The smallest absolute Gasteiger partial charge is 0.328 e. The minimum atomic E-state index is -0.348. The molecular formula is C46H33N5O2. The van der Waals surface area contributed by atoms with Crippen LogP contribution in [0.4, 0.5) is 0 Å². The van der Waals surface area contributed by atoms with Crippen molar-refractivity contribution in [1.82, 2.24) is 14.5 Å². The summed E-state index contributed by atoms with van der Waals surface area (Å²) in [6.07, 6.45) is -0.348. The second-order valence-corrected chi connectivity index (χ2v) is 13.6. The second-order valence-electron chi connectivity index (χ2n) is 13.6. The monoisotopic (exact) mass is 687 g/mol. The topological polar surface area (TPSA) is 76.8 Å². The second kappa shape index (κ2) is 12.1. The number of benzene rings is 7. The summed E-state index contributed by atoms with van der Waals surface area (Å²) >= 11 is 0. The number of hydrogen-bond donors (Lipinski definition) is 1. The summed E-state index contributed by atoms with van der Waals surface area (Å²) in [6.45, 7) is 0. The zero-order valence-electron chi connectivity index (χ0n) is 29.1. The molecule has 3 heterocycles. The highest BCUT2D eigenvalue weighted by Gasteiger charge is 2.23. The molecule has 2 aromatic heterocycles. The number of nitrogens with one attached hydrogen (secondary N) is 1. The predicted octanol–water partition coefficient (Wildman–Crippen LogP) is 9.76. The Bertz CT molecular complexity index is 3040. The number of aromatic nitrogens is 2. The standard InChI is InChI=1S/C46H33N5O2/c1-50-39-21-19-32(26-40(39)51(2)46(50)52)29-15-10-16-34(23-29)44-47-43(28-11-4-3-5-12-28)48-45(49-44)36-18-9-8-17-35(36)33-20-22-41-37(25-33)38-24-30-13-6-7-14-31(30)27-42(38)53-41/h3-27,43H,1-2H3,(H,47,48,49). The number of imidazole rings is 1. The molecule has 7 nitrogen and oxygen atoms in total. The van der Waals surface area contributed by atoms with E-state index in [9.17, 15) is 4.79 Å². The van der Waals surface area contributed by atoms with Crippen molar-refractivity contribution < 1.29 is 4.42 Å².